The first-order chi connectivity index (χ1) is 11.5. The molecule has 5 nitrogen and oxygen atoms in total. The van der Waals surface area contributed by atoms with Crippen LogP contribution in [0.1, 0.15) is 37.1 Å². The average molecular weight is 326 g/mol. The number of benzene rings is 1. The average Bonchev–Trinajstić information content (AvgIpc) is 2.77. The molecule has 0 spiro atoms. The SMILES string of the molecule is CC(C)Cc1ccc(NC(=O)N2CCCc3c(cnn3C)C2)cc1. The highest BCUT2D eigenvalue weighted by Crippen LogP contribution is 2.19. The predicted molar refractivity (Wildman–Crippen MR) is 95.9 cm³/mol. The van der Waals surface area contributed by atoms with E-state index >= 15 is 0 Å². The Hall–Kier alpha value is -2.30. The second-order valence-electron chi connectivity index (χ2n) is 6.99. The number of anilines is 1. The van der Waals surface area contributed by atoms with Crippen LogP contribution in [0.25, 0.3) is 0 Å². The van der Waals surface area contributed by atoms with Crippen molar-refractivity contribution < 1.29 is 4.79 Å². The highest BCUT2D eigenvalue weighted by atomic mass is 16.2. The number of urea groups is 1. The Morgan fingerprint density at radius 3 is 2.75 bits per heavy atom. The molecular formula is C19H26N4O. The van der Waals surface area contributed by atoms with E-state index in [4.69, 9.17) is 0 Å². The van der Waals surface area contributed by atoms with Gasteiger partial charge in [0, 0.05) is 30.5 Å². The van der Waals surface area contributed by atoms with E-state index in [9.17, 15) is 4.79 Å². The van der Waals surface area contributed by atoms with E-state index in [1.165, 1.54) is 11.3 Å². The quantitative estimate of drug-likeness (QED) is 0.937. The molecule has 2 aromatic rings. The fourth-order valence-corrected chi connectivity index (χ4v) is 3.26. The first-order valence-electron chi connectivity index (χ1n) is 8.67. The Balaban J connectivity index is 1.64. The van der Waals surface area contributed by atoms with Gasteiger partial charge in [0.1, 0.15) is 0 Å². The van der Waals surface area contributed by atoms with E-state index < -0.39 is 0 Å². The molecule has 1 aromatic carbocycles. The van der Waals surface area contributed by atoms with Gasteiger partial charge in [0.25, 0.3) is 0 Å². The van der Waals surface area contributed by atoms with Crippen LogP contribution >= 0.6 is 0 Å². The third kappa shape index (κ3) is 3.78. The van der Waals surface area contributed by atoms with Crippen LogP contribution in [0.4, 0.5) is 10.5 Å². The molecular weight excluding hydrogens is 300 g/mol. The van der Waals surface area contributed by atoms with Crippen molar-refractivity contribution in [3.63, 3.8) is 0 Å². The summed E-state index contributed by atoms with van der Waals surface area (Å²) in [5.74, 6) is 0.635. The summed E-state index contributed by atoms with van der Waals surface area (Å²) in [4.78, 5) is 14.5. The lowest BCUT2D eigenvalue weighted by Crippen LogP contribution is -2.34. The third-order valence-corrected chi connectivity index (χ3v) is 4.49. The Kier molecular flexibility index (Phi) is 4.88. The third-order valence-electron chi connectivity index (χ3n) is 4.49. The zero-order valence-electron chi connectivity index (χ0n) is 14.7. The van der Waals surface area contributed by atoms with Crippen molar-refractivity contribution in [1.29, 1.82) is 0 Å². The van der Waals surface area contributed by atoms with Crippen molar-refractivity contribution in [2.75, 3.05) is 11.9 Å². The summed E-state index contributed by atoms with van der Waals surface area (Å²) >= 11 is 0. The van der Waals surface area contributed by atoms with Crippen LogP contribution in [0.2, 0.25) is 0 Å². The maximum Gasteiger partial charge on any atom is 0.322 e. The largest absolute Gasteiger partial charge is 0.322 e. The minimum atomic E-state index is -0.0386. The van der Waals surface area contributed by atoms with Gasteiger partial charge in [-0.15, -0.1) is 0 Å². The van der Waals surface area contributed by atoms with Crippen molar-refractivity contribution in [2.45, 2.75) is 39.7 Å². The highest BCUT2D eigenvalue weighted by Gasteiger charge is 2.21. The van der Waals surface area contributed by atoms with E-state index in [1.807, 2.05) is 35.0 Å². The number of carbonyl (C=O) groups excluding carboxylic acids is 1. The molecule has 1 aliphatic rings. The second-order valence-corrected chi connectivity index (χ2v) is 6.99. The molecule has 0 saturated carbocycles. The van der Waals surface area contributed by atoms with Crippen molar-refractivity contribution in [3.8, 4) is 0 Å². The first-order valence-corrected chi connectivity index (χ1v) is 8.67. The molecule has 5 heteroatoms. The van der Waals surface area contributed by atoms with Gasteiger partial charge in [-0.2, -0.15) is 5.10 Å². The molecule has 0 fully saturated rings. The lowest BCUT2D eigenvalue weighted by molar-refractivity contribution is 0.210. The van der Waals surface area contributed by atoms with Gasteiger partial charge >= 0.3 is 6.03 Å². The van der Waals surface area contributed by atoms with Crippen LogP contribution < -0.4 is 5.32 Å². The monoisotopic (exact) mass is 326 g/mol. The van der Waals surface area contributed by atoms with Gasteiger partial charge in [-0.1, -0.05) is 26.0 Å². The predicted octanol–water partition coefficient (Wildman–Crippen LogP) is 3.60. The summed E-state index contributed by atoms with van der Waals surface area (Å²) < 4.78 is 1.92. The number of nitrogens with zero attached hydrogens (tertiary/aromatic N) is 3. The molecule has 0 atom stereocenters. The molecule has 1 N–H and O–H groups in total. The fraction of sp³-hybridized carbons (Fsp3) is 0.474. The summed E-state index contributed by atoms with van der Waals surface area (Å²) in [6, 6.07) is 8.13. The second kappa shape index (κ2) is 7.07. The van der Waals surface area contributed by atoms with Crippen LogP contribution in [-0.2, 0) is 26.4 Å². The van der Waals surface area contributed by atoms with Crippen LogP contribution in [0.3, 0.4) is 0 Å². The van der Waals surface area contributed by atoms with E-state index in [2.05, 4.69) is 36.4 Å². The van der Waals surface area contributed by atoms with Crippen molar-refractivity contribution >= 4 is 11.7 Å². The minimum absolute atomic E-state index is 0.0386. The van der Waals surface area contributed by atoms with Gasteiger partial charge < -0.3 is 10.2 Å². The molecule has 0 aliphatic carbocycles. The Morgan fingerprint density at radius 2 is 2.04 bits per heavy atom. The Bertz CT molecular complexity index is 703. The van der Waals surface area contributed by atoms with Crippen LogP contribution in [0, 0.1) is 5.92 Å². The topological polar surface area (TPSA) is 50.2 Å². The zero-order chi connectivity index (χ0) is 17.1. The molecule has 1 aliphatic heterocycles. The molecule has 0 unspecified atom stereocenters. The maximum absolute atomic E-state index is 12.6. The smallest absolute Gasteiger partial charge is 0.320 e. The number of carbonyl (C=O) groups is 1. The number of hydrogen-bond donors (Lipinski definition) is 1. The van der Waals surface area contributed by atoms with Crippen LogP contribution in [0.5, 0.6) is 0 Å². The van der Waals surface area contributed by atoms with Crippen molar-refractivity contribution in [2.24, 2.45) is 13.0 Å². The Morgan fingerprint density at radius 1 is 1.29 bits per heavy atom. The Labute approximate surface area is 143 Å². The molecule has 24 heavy (non-hydrogen) atoms. The molecule has 128 valence electrons. The lowest BCUT2D eigenvalue weighted by atomic mass is 10.0. The number of aryl methyl sites for hydroxylation is 1. The molecule has 0 radical (unpaired) electrons. The molecule has 0 saturated heterocycles. The molecule has 2 amide bonds. The van der Waals surface area contributed by atoms with E-state index in [0.29, 0.717) is 12.5 Å². The number of rotatable bonds is 3. The van der Waals surface area contributed by atoms with Gasteiger partial charge in [0.2, 0.25) is 0 Å². The number of amides is 2. The van der Waals surface area contributed by atoms with Gasteiger partial charge in [-0.25, -0.2) is 4.79 Å². The van der Waals surface area contributed by atoms with Crippen molar-refractivity contribution in [1.82, 2.24) is 14.7 Å². The van der Waals surface area contributed by atoms with Crippen molar-refractivity contribution in [3.05, 3.63) is 47.3 Å². The molecule has 0 bridgehead atoms. The first kappa shape index (κ1) is 16.6. The summed E-state index contributed by atoms with van der Waals surface area (Å²) in [5, 5.41) is 7.33. The summed E-state index contributed by atoms with van der Waals surface area (Å²) in [5.41, 5.74) is 4.54. The van der Waals surface area contributed by atoms with E-state index in [1.54, 1.807) is 0 Å². The summed E-state index contributed by atoms with van der Waals surface area (Å²) in [7, 11) is 1.97. The number of fused-ring (bicyclic) bond motifs is 1. The lowest BCUT2D eigenvalue weighted by Gasteiger charge is -2.21. The molecule has 2 heterocycles. The molecule has 1 aromatic heterocycles. The normalized spacial score (nSPS) is 14.4. The number of nitrogens with one attached hydrogen (secondary N) is 1. The van der Waals surface area contributed by atoms with Crippen LogP contribution in [0.15, 0.2) is 30.5 Å². The minimum Gasteiger partial charge on any atom is -0.320 e. The van der Waals surface area contributed by atoms with E-state index in [0.717, 1.165) is 37.1 Å². The number of aromatic nitrogens is 2. The standard InChI is InChI=1S/C19H26N4O/c1-14(2)11-15-6-8-17(9-7-15)21-19(24)23-10-4-5-18-16(13-23)12-20-22(18)3/h6-9,12,14H,4-5,10-11,13H2,1-3H3,(H,21,24). The summed E-state index contributed by atoms with van der Waals surface area (Å²) in [6.07, 6.45) is 4.87. The van der Waals surface area contributed by atoms with Gasteiger partial charge in [0.15, 0.2) is 0 Å². The van der Waals surface area contributed by atoms with Gasteiger partial charge in [-0.3, -0.25) is 4.68 Å². The van der Waals surface area contributed by atoms with Crippen LogP contribution in [-0.4, -0.2) is 27.3 Å². The maximum atomic E-state index is 12.6. The van der Waals surface area contributed by atoms with E-state index in [-0.39, 0.29) is 6.03 Å². The highest BCUT2D eigenvalue weighted by molar-refractivity contribution is 5.89. The van der Waals surface area contributed by atoms with Gasteiger partial charge in [-0.05, 0) is 42.9 Å². The molecule has 3 rings (SSSR count). The summed E-state index contributed by atoms with van der Waals surface area (Å²) in [6.45, 7) is 5.82. The fourth-order valence-electron chi connectivity index (χ4n) is 3.26. The number of hydrogen-bond acceptors (Lipinski definition) is 2. The van der Waals surface area contributed by atoms with Gasteiger partial charge in [0.05, 0.1) is 12.7 Å². The zero-order valence-corrected chi connectivity index (χ0v) is 14.7.